The summed E-state index contributed by atoms with van der Waals surface area (Å²) in [6.07, 6.45) is 4.18. The third kappa shape index (κ3) is 4.63. The summed E-state index contributed by atoms with van der Waals surface area (Å²) in [4.78, 5) is 53.4. The van der Waals surface area contributed by atoms with E-state index in [9.17, 15) is 19.2 Å². The Morgan fingerprint density at radius 1 is 1.21 bits per heavy atom. The fraction of sp³-hybridized carbons (Fsp3) is 0.524. The smallest absolute Gasteiger partial charge is 0.329 e. The second-order valence-electron chi connectivity index (χ2n) is 7.52. The number of carbonyl (C=O) groups is 4. The zero-order valence-corrected chi connectivity index (χ0v) is 17.6. The summed E-state index contributed by atoms with van der Waals surface area (Å²) in [5.74, 6) is -0.946. The fourth-order valence-corrected chi connectivity index (χ4v) is 4.27. The second-order valence-corrected chi connectivity index (χ2v) is 8.50. The first-order valence-electron chi connectivity index (χ1n) is 9.84. The largest absolute Gasteiger partial charge is 0.454 e. The number of imide groups is 1. The molecule has 0 aromatic heterocycles. The third-order valence-electron chi connectivity index (χ3n) is 5.35. The Hall–Kier alpha value is -2.35. The molecule has 2 aliphatic heterocycles. The number of piperidine rings is 1. The molecule has 2 heterocycles. The number of nitrogens with zero attached hydrogens (tertiary/aromatic N) is 2. The van der Waals surface area contributed by atoms with Gasteiger partial charge in [-0.3, -0.25) is 19.3 Å². The SMILES string of the molecule is CSCC[C@@H](C(=O)OCC(=O)N1CCC[C@H](C)C1)N1C(=O)c2ccccc2C1=O. The van der Waals surface area contributed by atoms with Gasteiger partial charge in [-0.15, -0.1) is 0 Å². The van der Waals surface area contributed by atoms with E-state index in [-0.39, 0.29) is 30.1 Å². The highest BCUT2D eigenvalue weighted by Gasteiger charge is 2.43. The van der Waals surface area contributed by atoms with Gasteiger partial charge in [0, 0.05) is 13.1 Å². The lowest BCUT2D eigenvalue weighted by molar-refractivity contribution is -0.155. The van der Waals surface area contributed by atoms with Crippen molar-refractivity contribution in [2.24, 2.45) is 5.92 Å². The van der Waals surface area contributed by atoms with Crippen molar-refractivity contribution in [2.45, 2.75) is 32.2 Å². The quantitative estimate of drug-likeness (QED) is 0.499. The van der Waals surface area contributed by atoms with E-state index < -0.39 is 23.8 Å². The molecule has 2 aliphatic rings. The third-order valence-corrected chi connectivity index (χ3v) is 6.00. The minimum absolute atomic E-state index is 0.240. The number of hydrogen-bond acceptors (Lipinski definition) is 6. The Balaban J connectivity index is 1.68. The molecule has 0 N–H and O–H groups in total. The number of thioether (sulfide) groups is 1. The predicted molar refractivity (Wildman–Crippen MR) is 110 cm³/mol. The van der Waals surface area contributed by atoms with Gasteiger partial charge in [-0.2, -0.15) is 11.8 Å². The summed E-state index contributed by atoms with van der Waals surface area (Å²) in [5, 5.41) is 0. The average Bonchev–Trinajstić information content (AvgIpc) is 2.97. The summed E-state index contributed by atoms with van der Waals surface area (Å²) in [6.45, 7) is 3.04. The van der Waals surface area contributed by atoms with Crippen LogP contribution in [-0.2, 0) is 14.3 Å². The average molecular weight is 419 g/mol. The number of hydrogen-bond donors (Lipinski definition) is 0. The Bertz CT molecular complexity index is 777. The number of esters is 1. The molecule has 1 saturated heterocycles. The summed E-state index contributed by atoms with van der Waals surface area (Å²) < 4.78 is 5.27. The van der Waals surface area contributed by atoms with E-state index in [2.05, 4.69) is 6.92 Å². The van der Waals surface area contributed by atoms with Crippen LogP contribution in [0.1, 0.15) is 46.9 Å². The number of likely N-dealkylation sites (tertiary alicyclic amines) is 1. The van der Waals surface area contributed by atoms with E-state index in [1.54, 1.807) is 29.2 Å². The first kappa shape index (κ1) is 21.4. The number of ether oxygens (including phenoxy) is 1. The zero-order chi connectivity index (χ0) is 21.0. The Kier molecular flexibility index (Phi) is 6.95. The number of benzene rings is 1. The Morgan fingerprint density at radius 3 is 2.45 bits per heavy atom. The van der Waals surface area contributed by atoms with Crippen LogP contribution in [-0.4, -0.2) is 71.2 Å². The van der Waals surface area contributed by atoms with Crippen LogP contribution in [0.25, 0.3) is 0 Å². The second kappa shape index (κ2) is 9.43. The molecule has 8 heteroatoms. The standard InChI is InChI=1S/C21H26N2O5S/c1-14-6-5-10-22(12-14)18(24)13-28-21(27)17(9-11-29-2)23-19(25)15-7-3-4-8-16(15)20(23)26/h3-4,7-8,14,17H,5-6,9-13H2,1-2H3/t14-,17-/m0/s1. The molecule has 0 unspecified atom stereocenters. The maximum atomic E-state index is 12.8. The molecule has 1 aromatic rings. The van der Waals surface area contributed by atoms with E-state index in [1.165, 1.54) is 11.8 Å². The van der Waals surface area contributed by atoms with Gasteiger partial charge in [0.25, 0.3) is 17.7 Å². The van der Waals surface area contributed by atoms with Crippen LogP contribution in [0, 0.1) is 5.92 Å². The highest BCUT2D eigenvalue weighted by molar-refractivity contribution is 7.98. The molecule has 0 spiro atoms. The highest BCUT2D eigenvalue weighted by Crippen LogP contribution is 2.26. The van der Waals surface area contributed by atoms with Crippen LogP contribution in [0.4, 0.5) is 0 Å². The molecule has 0 bridgehead atoms. The molecule has 1 aromatic carbocycles. The van der Waals surface area contributed by atoms with Gasteiger partial charge in [-0.25, -0.2) is 4.79 Å². The van der Waals surface area contributed by atoms with Gasteiger partial charge < -0.3 is 9.64 Å². The number of rotatable bonds is 7. The maximum Gasteiger partial charge on any atom is 0.329 e. The monoisotopic (exact) mass is 418 g/mol. The molecular weight excluding hydrogens is 392 g/mol. The topological polar surface area (TPSA) is 84.0 Å². The van der Waals surface area contributed by atoms with Crippen LogP contribution in [0.3, 0.4) is 0 Å². The van der Waals surface area contributed by atoms with Crippen LogP contribution < -0.4 is 0 Å². The van der Waals surface area contributed by atoms with E-state index in [0.29, 0.717) is 24.8 Å². The molecule has 156 valence electrons. The van der Waals surface area contributed by atoms with Gasteiger partial charge in [0.15, 0.2) is 6.61 Å². The Labute approximate surface area is 174 Å². The summed E-state index contributed by atoms with van der Waals surface area (Å²) in [6, 6.07) is 5.48. The highest BCUT2D eigenvalue weighted by atomic mass is 32.2. The number of amides is 3. The van der Waals surface area contributed by atoms with Gasteiger partial charge in [-0.1, -0.05) is 19.1 Å². The first-order valence-corrected chi connectivity index (χ1v) is 11.2. The van der Waals surface area contributed by atoms with Crippen molar-refractivity contribution in [3.63, 3.8) is 0 Å². The van der Waals surface area contributed by atoms with Crippen molar-refractivity contribution < 1.29 is 23.9 Å². The Morgan fingerprint density at radius 2 is 1.86 bits per heavy atom. The van der Waals surface area contributed by atoms with E-state index >= 15 is 0 Å². The summed E-state index contributed by atoms with van der Waals surface area (Å²) >= 11 is 1.51. The van der Waals surface area contributed by atoms with Crippen molar-refractivity contribution in [3.05, 3.63) is 35.4 Å². The maximum absolute atomic E-state index is 12.8. The van der Waals surface area contributed by atoms with Gasteiger partial charge in [0.2, 0.25) is 0 Å². The summed E-state index contributed by atoms with van der Waals surface area (Å²) in [5.41, 5.74) is 0.579. The normalized spacial score (nSPS) is 19.9. The van der Waals surface area contributed by atoms with Gasteiger partial charge in [0.05, 0.1) is 11.1 Å². The zero-order valence-electron chi connectivity index (χ0n) is 16.8. The molecule has 0 saturated carbocycles. The first-order chi connectivity index (χ1) is 13.9. The molecule has 3 amide bonds. The van der Waals surface area contributed by atoms with Crippen molar-refractivity contribution >= 4 is 35.5 Å². The molecule has 29 heavy (non-hydrogen) atoms. The predicted octanol–water partition coefficient (Wildman–Crippen LogP) is 2.21. The van der Waals surface area contributed by atoms with Gasteiger partial charge in [0.1, 0.15) is 6.04 Å². The minimum Gasteiger partial charge on any atom is -0.454 e. The van der Waals surface area contributed by atoms with E-state index in [1.807, 2.05) is 6.26 Å². The molecule has 3 rings (SSSR count). The van der Waals surface area contributed by atoms with E-state index in [4.69, 9.17) is 4.74 Å². The molecule has 1 fully saturated rings. The van der Waals surface area contributed by atoms with Crippen molar-refractivity contribution in [3.8, 4) is 0 Å². The molecule has 2 atom stereocenters. The molecule has 0 aliphatic carbocycles. The molecule has 7 nitrogen and oxygen atoms in total. The van der Waals surface area contributed by atoms with Gasteiger partial charge >= 0.3 is 5.97 Å². The fourth-order valence-electron chi connectivity index (χ4n) is 3.81. The number of fused-ring (bicyclic) bond motifs is 1. The van der Waals surface area contributed by atoms with Crippen molar-refractivity contribution in [1.82, 2.24) is 9.80 Å². The summed E-state index contributed by atoms with van der Waals surface area (Å²) in [7, 11) is 0. The van der Waals surface area contributed by atoms with Crippen LogP contribution >= 0.6 is 11.8 Å². The van der Waals surface area contributed by atoms with Crippen molar-refractivity contribution in [2.75, 3.05) is 31.7 Å². The minimum atomic E-state index is -1.04. The van der Waals surface area contributed by atoms with E-state index in [0.717, 1.165) is 17.7 Å². The lowest BCUT2D eigenvalue weighted by atomic mass is 10.0. The molecular formula is C21H26N2O5S. The lowest BCUT2D eigenvalue weighted by Crippen LogP contribution is -2.47. The number of carbonyl (C=O) groups excluding carboxylic acids is 4. The van der Waals surface area contributed by atoms with Crippen LogP contribution in [0.15, 0.2) is 24.3 Å². The molecule has 0 radical (unpaired) electrons. The van der Waals surface area contributed by atoms with Crippen molar-refractivity contribution in [1.29, 1.82) is 0 Å². The van der Waals surface area contributed by atoms with Gasteiger partial charge in [-0.05, 0) is 49.3 Å². The lowest BCUT2D eigenvalue weighted by Gasteiger charge is -2.31. The van der Waals surface area contributed by atoms with Crippen LogP contribution in [0.5, 0.6) is 0 Å². The van der Waals surface area contributed by atoms with Crippen LogP contribution in [0.2, 0.25) is 0 Å².